The summed E-state index contributed by atoms with van der Waals surface area (Å²) in [6.45, 7) is 15.9. The highest BCUT2D eigenvalue weighted by atomic mass is 15.2. The molecular weight excluding hydrogens is 210 g/mol. The predicted molar refractivity (Wildman–Crippen MR) is 75.5 cm³/mol. The molecule has 1 aliphatic heterocycles. The molecule has 2 N–H and O–H groups in total. The molecule has 0 aliphatic carbocycles. The zero-order valence-corrected chi connectivity index (χ0v) is 12.3. The van der Waals surface area contributed by atoms with Crippen LogP contribution in [0.5, 0.6) is 0 Å². The Morgan fingerprint density at radius 2 is 1.71 bits per heavy atom. The lowest BCUT2D eigenvalue weighted by Gasteiger charge is -2.35. The van der Waals surface area contributed by atoms with Gasteiger partial charge in [0.05, 0.1) is 0 Å². The van der Waals surface area contributed by atoms with Crippen molar-refractivity contribution in [3.05, 3.63) is 0 Å². The van der Waals surface area contributed by atoms with Crippen LogP contribution < -0.4 is 10.6 Å². The maximum absolute atomic E-state index is 3.66. The third-order valence-electron chi connectivity index (χ3n) is 3.47. The van der Waals surface area contributed by atoms with E-state index in [0.29, 0.717) is 6.04 Å². The van der Waals surface area contributed by atoms with Gasteiger partial charge in [0.25, 0.3) is 0 Å². The summed E-state index contributed by atoms with van der Waals surface area (Å²) in [5, 5.41) is 7.18. The third-order valence-corrected chi connectivity index (χ3v) is 3.47. The topological polar surface area (TPSA) is 27.3 Å². The van der Waals surface area contributed by atoms with E-state index in [0.717, 1.165) is 19.1 Å². The average Bonchev–Trinajstić information content (AvgIpc) is 2.24. The molecule has 0 radical (unpaired) electrons. The lowest BCUT2D eigenvalue weighted by molar-refractivity contribution is 0.161. The summed E-state index contributed by atoms with van der Waals surface area (Å²) in [5.74, 6) is 0. The summed E-state index contributed by atoms with van der Waals surface area (Å²) >= 11 is 0. The normalized spacial score (nSPS) is 20.1. The molecule has 0 bridgehead atoms. The molecule has 0 unspecified atom stereocenters. The molecular formula is C14H31N3. The maximum Gasteiger partial charge on any atom is 0.00970 e. The van der Waals surface area contributed by atoms with Crippen LogP contribution in [0.15, 0.2) is 0 Å². The van der Waals surface area contributed by atoms with Gasteiger partial charge in [-0.1, -0.05) is 0 Å². The van der Waals surface area contributed by atoms with Crippen LogP contribution >= 0.6 is 0 Å². The van der Waals surface area contributed by atoms with Gasteiger partial charge in [-0.15, -0.1) is 0 Å². The van der Waals surface area contributed by atoms with Gasteiger partial charge in [0.15, 0.2) is 0 Å². The summed E-state index contributed by atoms with van der Waals surface area (Å²) in [6.07, 6.45) is 2.60. The molecule has 1 aliphatic rings. The van der Waals surface area contributed by atoms with Crippen LogP contribution in [0, 0.1) is 0 Å². The number of hydrogen-bond donors (Lipinski definition) is 2. The van der Waals surface area contributed by atoms with Crippen molar-refractivity contribution in [2.24, 2.45) is 0 Å². The van der Waals surface area contributed by atoms with Crippen LogP contribution in [0.25, 0.3) is 0 Å². The maximum atomic E-state index is 3.66. The van der Waals surface area contributed by atoms with Crippen molar-refractivity contribution in [2.45, 2.75) is 65.1 Å². The molecule has 1 fully saturated rings. The summed E-state index contributed by atoms with van der Waals surface area (Å²) in [4.78, 5) is 2.57. The Morgan fingerprint density at radius 3 is 2.18 bits per heavy atom. The Hall–Kier alpha value is -0.120. The molecule has 102 valence electrons. The minimum atomic E-state index is 0.239. The zero-order valence-electron chi connectivity index (χ0n) is 12.3. The summed E-state index contributed by atoms with van der Waals surface area (Å²) in [6, 6.07) is 1.44. The second-order valence-electron chi connectivity index (χ2n) is 6.53. The fourth-order valence-electron chi connectivity index (χ4n) is 2.33. The first kappa shape index (κ1) is 14.9. The van der Waals surface area contributed by atoms with Crippen molar-refractivity contribution in [1.29, 1.82) is 0 Å². The molecule has 0 aromatic heterocycles. The third kappa shape index (κ3) is 6.39. The Balaban J connectivity index is 2.07. The summed E-state index contributed by atoms with van der Waals surface area (Å²) in [7, 11) is 0. The van der Waals surface area contributed by atoms with Crippen LogP contribution in [-0.2, 0) is 0 Å². The van der Waals surface area contributed by atoms with E-state index < -0.39 is 0 Å². The zero-order chi connectivity index (χ0) is 12.9. The van der Waals surface area contributed by atoms with Crippen molar-refractivity contribution in [3.8, 4) is 0 Å². The summed E-state index contributed by atoms with van der Waals surface area (Å²) in [5.41, 5.74) is 0.239. The number of rotatable bonds is 5. The first-order valence-corrected chi connectivity index (χ1v) is 7.11. The standard InChI is InChI=1S/C14H31N3/c1-12(2)17-10-6-13(7-11-17)15-8-9-16-14(3,4)5/h12-13,15-16H,6-11H2,1-5H3. The van der Waals surface area contributed by atoms with Gasteiger partial charge in [0, 0.05) is 30.7 Å². The van der Waals surface area contributed by atoms with Crippen molar-refractivity contribution in [3.63, 3.8) is 0 Å². The highest BCUT2D eigenvalue weighted by Gasteiger charge is 2.20. The predicted octanol–water partition coefficient (Wildman–Crippen LogP) is 1.84. The van der Waals surface area contributed by atoms with Gasteiger partial charge in [-0.2, -0.15) is 0 Å². The van der Waals surface area contributed by atoms with Crippen LogP contribution in [0.1, 0.15) is 47.5 Å². The van der Waals surface area contributed by atoms with Gasteiger partial charge in [-0.3, -0.25) is 0 Å². The van der Waals surface area contributed by atoms with Crippen molar-refractivity contribution in [1.82, 2.24) is 15.5 Å². The van der Waals surface area contributed by atoms with Gasteiger partial charge in [0.1, 0.15) is 0 Å². The SMILES string of the molecule is CC(C)N1CCC(NCCNC(C)(C)C)CC1. The number of piperidine rings is 1. The molecule has 1 heterocycles. The van der Waals surface area contributed by atoms with E-state index in [1.54, 1.807) is 0 Å². The van der Waals surface area contributed by atoms with Gasteiger partial charge < -0.3 is 15.5 Å². The smallest absolute Gasteiger partial charge is 0.00970 e. The molecule has 1 saturated heterocycles. The van der Waals surface area contributed by atoms with E-state index in [1.807, 2.05) is 0 Å². The lowest BCUT2D eigenvalue weighted by atomic mass is 10.0. The van der Waals surface area contributed by atoms with Gasteiger partial charge in [-0.25, -0.2) is 0 Å². The Bertz CT molecular complexity index is 200. The van der Waals surface area contributed by atoms with Crippen LogP contribution in [0.4, 0.5) is 0 Å². The summed E-state index contributed by atoms with van der Waals surface area (Å²) < 4.78 is 0. The molecule has 0 spiro atoms. The number of hydrogen-bond acceptors (Lipinski definition) is 3. The van der Waals surface area contributed by atoms with E-state index in [9.17, 15) is 0 Å². The van der Waals surface area contributed by atoms with Gasteiger partial charge in [-0.05, 0) is 60.5 Å². The minimum absolute atomic E-state index is 0.239. The van der Waals surface area contributed by atoms with E-state index in [4.69, 9.17) is 0 Å². The molecule has 3 nitrogen and oxygen atoms in total. The molecule has 0 atom stereocenters. The van der Waals surface area contributed by atoms with Crippen molar-refractivity contribution >= 4 is 0 Å². The second-order valence-corrected chi connectivity index (χ2v) is 6.53. The molecule has 0 saturated carbocycles. The Labute approximate surface area is 107 Å². The van der Waals surface area contributed by atoms with Gasteiger partial charge in [0.2, 0.25) is 0 Å². The van der Waals surface area contributed by atoms with Gasteiger partial charge >= 0.3 is 0 Å². The number of nitrogens with zero attached hydrogens (tertiary/aromatic N) is 1. The monoisotopic (exact) mass is 241 g/mol. The Morgan fingerprint density at radius 1 is 1.12 bits per heavy atom. The molecule has 3 heteroatoms. The van der Waals surface area contributed by atoms with Crippen LogP contribution in [0.3, 0.4) is 0 Å². The van der Waals surface area contributed by atoms with Crippen molar-refractivity contribution in [2.75, 3.05) is 26.2 Å². The molecule has 0 amide bonds. The molecule has 1 rings (SSSR count). The van der Waals surface area contributed by atoms with Crippen LogP contribution in [0.2, 0.25) is 0 Å². The number of nitrogens with one attached hydrogen (secondary N) is 2. The first-order valence-electron chi connectivity index (χ1n) is 7.11. The highest BCUT2D eigenvalue weighted by molar-refractivity contribution is 4.79. The number of likely N-dealkylation sites (tertiary alicyclic amines) is 1. The fraction of sp³-hybridized carbons (Fsp3) is 1.00. The second kappa shape index (κ2) is 6.72. The molecule has 0 aromatic rings. The quantitative estimate of drug-likeness (QED) is 0.719. The first-order chi connectivity index (χ1) is 7.88. The molecule has 17 heavy (non-hydrogen) atoms. The highest BCUT2D eigenvalue weighted by Crippen LogP contribution is 2.12. The van der Waals surface area contributed by atoms with E-state index in [2.05, 4.69) is 50.2 Å². The molecule has 0 aromatic carbocycles. The average molecular weight is 241 g/mol. The fourth-order valence-corrected chi connectivity index (χ4v) is 2.33. The van der Waals surface area contributed by atoms with E-state index >= 15 is 0 Å². The van der Waals surface area contributed by atoms with Crippen LogP contribution in [-0.4, -0.2) is 48.7 Å². The Kier molecular flexibility index (Phi) is 5.90. The van der Waals surface area contributed by atoms with Crippen molar-refractivity contribution < 1.29 is 0 Å². The van der Waals surface area contributed by atoms with E-state index in [-0.39, 0.29) is 5.54 Å². The minimum Gasteiger partial charge on any atom is -0.313 e. The largest absolute Gasteiger partial charge is 0.313 e. The lowest BCUT2D eigenvalue weighted by Crippen LogP contribution is -2.47. The van der Waals surface area contributed by atoms with E-state index in [1.165, 1.54) is 25.9 Å².